The fraction of sp³-hybridized carbons (Fsp3) is 0.231. The molecule has 0 amide bonds. The highest BCUT2D eigenvalue weighted by atomic mass is 79.9. The number of carbonyl (C=O) groups excluding carboxylic acids is 1. The monoisotopic (exact) mass is 349 g/mol. The third-order valence-electron chi connectivity index (χ3n) is 3.05. The van der Waals surface area contributed by atoms with Crippen LogP contribution in [0.3, 0.4) is 0 Å². The number of fused-ring (bicyclic) bond motifs is 1. The molecule has 0 fully saturated rings. The molecule has 3 heterocycles. The molecule has 8 heteroatoms. The van der Waals surface area contributed by atoms with Gasteiger partial charge in [0.2, 0.25) is 0 Å². The first-order chi connectivity index (χ1) is 10.1. The average molecular weight is 350 g/mol. The fourth-order valence-corrected chi connectivity index (χ4v) is 2.34. The minimum Gasteiger partial charge on any atom is -0.464 e. The molecule has 3 aromatic rings. The molecule has 0 saturated heterocycles. The number of halogens is 1. The van der Waals surface area contributed by atoms with E-state index in [4.69, 9.17) is 4.74 Å². The van der Waals surface area contributed by atoms with Crippen molar-refractivity contribution in [3.8, 4) is 11.4 Å². The summed E-state index contributed by atoms with van der Waals surface area (Å²) >= 11 is 3.37. The SMILES string of the molecule is CCn1ccc(-c2cc(C(=O)OC)n3ncc(Br)c3n2)n1. The maximum atomic E-state index is 11.9. The van der Waals surface area contributed by atoms with Gasteiger partial charge >= 0.3 is 5.97 Å². The molecule has 0 bridgehead atoms. The Morgan fingerprint density at radius 1 is 1.43 bits per heavy atom. The third-order valence-corrected chi connectivity index (χ3v) is 3.61. The maximum Gasteiger partial charge on any atom is 0.356 e. The summed E-state index contributed by atoms with van der Waals surface area (Å²) in [6, 6.07) is 3.48. The number of nitrogens with zero attached hydrogens (tertiary/aromatic N) is 5. The van der Waals surface area contributed by atoms with Crippen molar-refractivity contribution in [1.29, 1.82) is 0 Å². The Morgan fingerprint density at radius 3 is 2.90 bits per heavy atom. The summed E-state index contributed by atoms with van der Waals surface area (Å²) in [5.41, 5.74) is 2.13. The number of aryl methyl sites for hydroxylation is 1. The van der Waals surface area contributed by atoms with Crippen molar-refractivity contribution in [3.05, 3.63) is 34.7 Å². The largest absolute Gasteiger partial charge is 0.464 e. The topological polar surface area (TPSA) is 74.3 Å². The Hall–Kier alpha value is -2.22. The van der Waals surface area contributed by atoms with Crippen molar-refractivity contribution in [2.45, 2.75) is 13.5 Å². The Bertz CT molecular complexity index is 823. The molecule has 0 radical (unpaired) electrons. The van der Waals surface area contributed by atoms with E-state index in [1.54, 1.807) is 16.9 Å². The van der Waals surface area contributed by atoms with Crippen LogP contribution in [0, 0.1) is 0 Å². The van der Waals surface area contributed by atoms with E-state index in [1.165, 1.54) is 11.6 Å². The van der Waals surface area contributed by atoms with Gasteiger partial charge in [-0.25, -0.2) is 14.3 Å². The van der Waals surface area contributed by atoms with Gasteiger partial charge in [0.1, 0.15) is 5.69 Å². The van der Waals surface area contributed by atoms with Crippen molar-refractivity contribution >= 4 is 27.5 Å². The molecule has 3 aromatic heterocycles. The maximum absolute atomic E-state index is 11.9. The number of hydrogen-bond donors (Lipinski definition) is 0. The first-order valence-corrected chi connectivity index (χ1v) is 7.09. The summed E-state index contributed by atoms with van der Waals surface area (Å²) in [5.74, 6) is -0.478. The van der Waals surface area contributed by atoms with Crippen LogP contribution in [0.25, 0.3) is 17.0 Å². The van der Waals surface area contributed by atoms with Crippen LogP contribution in [0.15, 0.2) is 29.0 Å². The second kappa shape index (κ2) is 5.28. The Kier molecular flexibility index (Phi) is 3.46. The lowest BCUT2D eigenvalue weighted by Gasteiger charge is -2.05. The first kappa shape index (κ1) is 13.7. The third kappa shape index (κ3) is 2.31. The summed E-state index contributed by atoms with van der Waals surface area (Å²) in [4.78, 5) is 16.4. The number of aromatic nitrogens is 5. The molecule has 0 aromatic carbocycles. The zero-order valence-corrected chi connectivity index (χ0v) is 13.0. The fourth-order valence-electron chi connectivity index (χ4n) is 1.99. The average Bonchev–Trinajstić information content (AvgIpc) is 3.13. The second-order valence-corrected chi connectivity index (χ2v) is 5.16. The van der Waals surface area contributed by atoms with Gasteiger partial charge in [-0.2, -0.15) is 10.2 Å². The lowest BCUT2D eigenvalue weighted by Crippen LogP contribution is -2.10. The van der Waals surface area contributed by atoms with E-state index in [2.05, 4.69) is 31.1 Å². The molecule has 21 heavy (non-hydrogen) atoms. The van der Waals surface area contributed by atoms with E-state index in [0.717, 1.165) is 6.54 Å². The number of rotatable bonds is 3. The van der Waals surface area contributed by atoms with Gasteiger partial charge in [0, 0.05) is 12.7 Å². The Morgan fingerprint density at radius 2 is 2.24 bits per heavy atom. The molecular weight excluding hydrogens is 338 g/mol. The molecule has 108 valence electrons. The number of methoxy groups -OCH3 is 1. The highest BCUT2D eigenvalue weighted by molar-refractivity contribution is 9.10. The zero-order chi connectivity index (χ0) is 15.0. The van der Waals surface area contributed by atoms with Crippen molar-refractivity contribution in [2.75, 3.05) is 7.11 Å². The standard InChI is InChI=1S/C13H12BrN5O2/c1-3-18-5-4-9(17-18)10-6-11(13(20)21-2)19-12(16-10)8(14)7-15-19/h4-7H,3H2,1-2H3. The van der Waals surface area contributed by atoms with Crippen LogP contribution in [0.1, 0.15) is 17.4 Å². The molecule has 0 saturated carbocycles. The van der Waals surface area contributed by atoms with Gasteiger partial charge in [-0.3, -0.25) is 4.68 Å². The molecule has 3 rings (SSSR count). The van der Waals surface area contributed by atoms with Crippen LogP contribution in [0.5, 0.6) is 0 Å². The van der Waals surface area contributed by atoms with Crippen molar-refractivity contribution in [1.82, 2.24) is 24.4 Å². The molecule has 0 spiro atoms. The Labute approximate surface area is 128 Å². The second-order valence-electron chi connectivity index (χ2n) is 4.30. The molecule has 0 aliphatic heterocycles. The molecular formula is C13H12BrN5O2. The van der Waals surface area contributed by atoms with E-state index in [0.29, 0.717) is 27.2 Å². The van der Waals surface area contributed by atoms with Gasteiger partial charge < -0.3 is 4.74 Å². The lowest BCUT2D eigenvalue weighted by atomic mass is 10.2. The normalized spacial score (nSPS) is 11.0. The minimum absolute atomic E-state index is 0.300. The van der Waals surface area contributed by atoms with E-state index < -0.39 is 5.97 Å². The summed E-state index contributed by atoms with van der Waals surface area (Å²) < 4.78 is 8.74. The van der Waals surface area contributed by atoms with Gasteiger partial charge in [-0.1, -0.05) is 0 Å². The minimum atomic E-state index is -0.478. The predicted octanol–water partition coefficient (Wildman–Crippen LogP) is 2.16. The smallest absolute Gasteiger partial charge is 0.356 e. The van der Waals surface area contributed by atoms with Crippen LogP contribution >= 0.6 is 15.9 Å². The van der Waals surface area contributed by atoms with E-state index in [9.17, 15) is 4.79 Å². The number of hydrogen-bond acceptors (Lipinski definition) is 5. The van der Waals surface area contributed by atoms with Gasteiger partial charge in [0.25, 0.3) is 0 Å². The number of ether oxygens (including phenoxy) is 1. The Balaban J connectivity index is 2.23. The van der Waals surface area contributed by atoms with Gasteiger partial charge in [-0.05, 0) is 35.0 Å². The van der Waals surface area contributed by atoms with Crippen molar-refractivity contribution in [3.63, 3.8) is 0 Å². The van der Waals surface area contributed by atoms with Gasteiger partial charge in [0.15, 0.2) is 11.3 Å². The molecule has 0 atom stereocenters. The van der Waals surface area contributed by atoms with Crippen LogP contribution in [-0.4, -0.2) is 37.5 Å². The molecule has 0 N–H and O–H groups in total. The van der Waals surface area contributed by atoms with Crippen molar-refractivity contribution in [2.24, 2.45) is 0 Å². The predicted molar refractivity (Wildman–Crippen MR) is 78.9 cm³/mol. The highest BCUT2D eigenvalue weighted by Gasteiger charge is 2.18. The summed E-state index contributed by atoms with van der Waals surface area (Å²) in [6.07, 6.45) is 3.45. The lowest BCUT2D eigenvalue weighted by molar-refractivity contribution is 0.0590. The van der Waals surface area contributed by atoms with Crippen molar-refractivity contribution < 1.29 is 9.53 Å². The highest BCUT2D eigenvalue weighted by Crippen LogP contribution is 2.23. The van der Waals surface area contributed by atoms with E-state index in [1.807, 2.05) is 19.2 Å². The summed E-state index contributed by atoms with van der Waals surface area (Å²) in [7, 11) is 1.33. The number of carbonyl (C=O) groups is 1. The summed E-state index contributed by atoms with van der Waals surface area (Å²) in [5, 5.41) is 8.53. The van der Waals surface area contributed by atoms with Gasteiger partial charge in [-0.15, -0.1) is 0 Å². The summed E-state index contributed by atoms with van der Waals surface area (Å²) in [6.45, 7) is 2.77. The van der Waals surface area contributed by atoms with Crippen LogP contribution < -0.4 is 0 Å². The zero-order valence-electron chi connectivity index (χ0n) is 11.4. The van der Waals surface area contributed by atoms with Gasteiger partial charge in [0.05, 0.1) is 23.5 Å². The molecule has 0 aliphatic carbocycles. The van der Waals surface area contributed by atoms with E-state index >= 15 is 0 Å². The molecule has 7 nitrogen and oxygen atoms in total. The van der Waals surface area contributed by atoms with Crippen LogP contribution in [-0.2, 0) is 11.3 Å². The van der Waals surface area contributed by atoms with E-state index in [-0.39, 0.29) is 0 Å². The molecule has 0 aliphatic rings. The van der Waals surface area contributed by atoms with Crippen LogP contribution in [0.2, 0.25) is 0 Å². The van der Waals surface area contributed by atoms with Crippen LogP contribution in [0.4, 0.5) is 0 Å². The first-order valence-electron chi connectivity index (χ1n) is 6.30. The molecule has 0 unspecified atom stereocenters. The quantitative estimate of drug-likeness (QED) is 0.677. The number of esters is 1.